The molecule has 1 aliphatic heterocycles. The molecule has 1 heterocycles. The van der Waals surface area contributed by atoms with Crippen LogP contribution < -0.4 is 11.1 Å². The summed E-state index contributed by atoms with van der Waals surface area (Å²) >= 11 is 0. The Morgan fingerprint density at radius 1 is 1.12 bits per heavy atom. The van der Waals surface area contributed by atoms with Gasteiger partial charge in [-0.2, -0.15) is 0 Å². The molecule has 2 amide bonds. The van der Waals surface area contributed by atoms with Gasteiger partial charge in [-0.25, -0.2) is 0 Å². The summed E-state index contributed by atoms with van der Waals surface area (Å²) in [6.45, 7) is 0.604. The fourth-order valence-electron chi connectivity index (χ4n) is 4.16. The number of nitrogens with zero attached hydrogens (tertiary/aromatic N) is 2. The number of para-hydroxylation sites is 1. The zero-order valence-corrected chi connectivity index (χ0v) is 13.3. The number of guanidine groups is 1. The standard InChI is InChI=1S/C18H20N4O2/c19-18(21-13-4-2-1-3-5-13)20-8-9-22-16(23)14-11-6-7-12(10-11)15(14)17(22)24/h1-7,11-12,14-15H,8-10H2,(H3,19,20,21). The van der Waals surface area contributed by atoms with Gasteiger partial charge in [-0.05, 0) is 30.4 Å². The van der Waals surface area contributed by atoms with Crippen LogP contribution >= 0.6 is 0 Å². The lowest BCUT2D eigenvalue weighted by atomic mass is 9.85. The number of hydrogen-bond donors (Lipinski definition) is 2. The monoisotopic (exact) mass is 324 g/mol. The Labute approximate surface area is 140 Å². The highest BCUT2D eigenvalue weighted by atomic mass is 16.2. The number of rotatable bonds is 4. The number of allylic oxidation sites excluding steroid dienone is 2. The van der Waals surface area contributed by atoms with E-state index >= 15 is 0 Å². The van der Waals surface area contributed by atoms with Gasteiger partial charge in [-0.3, -0.25) is 19.5 Å². The summed E-state index contributed by atoms with van der Waals surface area (Å²) in [5.74, 6) is 0.414. The van der Waals surface area contributed by atoms with Crippen molar-refractivity contribution >= 4 is 23.5 Å². The molecule has 1 saturated heterocycles. The molecule has 4 unspecified atom stereocenters. The predicted octanol–water partition coefficient (Wildman–Crippen LogP) is 1.22. The molecule has 6 nitrogen and oxygen atoms in total. The van der Waals surface area contributed by atoms with Crippen LogP contribution in [0.2, 0.25) is 0 Å². The van der Waals surface area contributed by atoms with Gasteiger partial charge in [0.15, 0.2) is 5.96 Å². The van der Waals surface area contributed by atoms with Gasteiger partial charge in [-0.1, -0.05) is 30.4 Å². The first-order valence-corrected chi connectivity index (χ1v) is 8.30. The van der Waals surface area contributed by atoms with Crippen molar-refractivity contribution in [3.05, 3.63) is 42.5 Å². The number of anilines is 1. The molecule has 1 aromatic rings. The average molecular weight is 324 g/mol. The Morgan fingerprint density at radius 2 is 1.75 bits per heavy atom. The number of hydrogen-bond acceptors (Lipinski definition) is 3. The Bertz CT molecular complexity index is 698. The van der Waals surface area contributed by atoms with Crippen LogP contribution in [0.15, 0.2) is 47.5 Å². The molecule has 2 aliphatic carbocycles. The molecule has 124 valence electrons. The van der Waals surface area contributed by atoms with E-state index in [4.69, 9.17) is 5.73 Å². The number of nitrogens with two attached hydrogens (primary N) is 1. The van der Waals surface area contributed by atoms with Gasteiger partial charge in [0.1, 0.15) is 0 Å². The van der Waals surface area contributed by atoms with E-state index in [1.54, 1.807) is 0 Å². The SMILES string of the molecule is NC(=NCCN1C(=O)C2C3C=CC(C3)C2C1=O)Nc1ccccc1. The Kier molecular flexibility index (Phi) is 3.59. The summed E-state index contributed by atoms with van der Waals surface area (Å²) in [5, 5.41) is 2.98. The van der Waals surface area contributed by atoms with Crippen molar-refractivity contribution < 1.29 is 9.59 Å². The number of fused-ring (bicyclic) bond motifs is 5. The molecule has 4 rings (SSSR count). The first kappa shape index (κ1) is 14.9. The lowest BCUT2D eigenvalue weighted by Crippen LogP contribution is -2.35. The summed E-state index contributed by atoms with van der Waals surface area (Å²) in [6.07, 6.45) is 5.15. The molecule has 4 atom stereocenters. The van der Waals surface area contributed by atoms with Crippen molar-refractivity contribution in [2.75, 3.05) is 18.4 Å². The molecule has 2 bridgehead atoms. The third-order valence-corrected chi connectivity index (χ3v) is 5.21. The van der Waals surface area contributed by atoms with E-state index < -0.39 is 0 Å². The lowest BCUT2D eigenvalue weighted by molar-refractivity contribution is -0.140. The number of amides is 2. The summed E-state index contributed by atoms with van der Waals surface area (Å²) in [7, 11) is 0. The number of benzene rings is 1. The third kappa shape index (κ3) is 2.38. The topological polar surface area (TPSA) is 87.8 Å². The highest BCUT2D eigenvalue weighted by Crippen LogP contribution is 2.52. The second-order valence-electron chi connectivity index (χ2n) is 6.59. The van der Waals surface area contributed by atoms with E-state index in [0.29, 0.717) is 13.1 Å². The molecular formula is C18H20N4O2. The van der Waals surface area contributed by atoms with Crippen LogP contribution in [-0.2, 0) is 9.59 Å². The largest absolute Gasteiger partial charge is 0.370 e. The summed E-state index contributed by atoms with van der Waals surface area (Å²) in [6, 6.07) is 9.50. The van der Waals surface area contributed by atoms with E-state index in [1.165, 1.54) is 4.90 Å². The van der Waals surface area contributed by atoms with E-state index in [9.17, 15) is 9.59 Å². The molecule has 2 fully saturated rings. The first-order chi connectivity index (χ1) is 11.6. The number of imide groups is 1. The van der Waals surface area contributed by atoms with Crippen LogP contribution in [0.25, 0.3) is 0 Å². The van der Waals surface area contributed by atoms with Gasteiger partial charge in [-0.15, -0.1) is 0 Å². The molecule has 1 aromatic carbocycles. The molecule has 3 aliphatic rings. The highest BCUT2D eigenvalue weighted by Gasteiger charge is 2.58. The van der Waals surface area contributed by atoms with Gasteiger partial charge < -0.3 is 11.1 Å². The maximum absolute atomic E-state index is 12.5. The predicted molar refractivity (Wildman–Crippen MR) is 91.0 cm³/mol. The van der Waals surface area contributed by atoms with Crippen LogP contribution in [0.1, 0.15) is 6.42 Å². The second-order valence-corrected chi connectivity index (χ2v) is 6.59. The van der Waals surface area contributed by atoms with Crippen LogP contribution in [0.3, 0.4) is 0 Å². The Morgan fingerprint density at radius 3 is 2.38 bits per heavy atom. The van der Waals surface area contributed by atoms with Crippen LogP contribution in [-0.4, -0.2) is 35.8 Å². The van der Waals surface area contributed by atoms with Crippen LogP contribution in [0.4, 0.5) is 5.69 Å². The zero-order valence-electron chi connectivity index (χ0n) is 13.3. The Hall–Kier alpha value is -2.63. The molecule has 3 N–H and O–H groups in total. The summed E-state index contributed by atoms with van der Waals surface area (Å²) in [5.41, 5.74) is 6.70. The van der Waals surface area contributed by atoms with Crippen molar-refractivity contribution in [2.24, 2.45) is 34.4 Å². The van der Waals surface area contributed by atoms with E-state index in [0.717, 1.165) is 12.1 Å². The lowest BCUT2D eigenvalue weighted by Gasteiger charge is -2.16. The molecule has 0 spiro atoms. The molecule has 0 aromatic heterocycles. The van der Waals surface area contributed by atoms with Crippen molar-refractivity contribution in [2.45, 2.75) is 6.42 Å². The van der Waals surface area contributed by atoms with Gasteiger partial charge in [0.2, 0.25) is 11.8 Å². The quantitative estimate of drug-likeness (QED) is 0.377. The fraction of sp³-hybridized carbons (Fsp3) is 0.389. The smallest absolute Gasteiger partial charge is 0.233 e. The molecule has 24 heavy (non-hydrogen) atoms. The molecular weight excluding hydrogens is 304 g/mol. The van der Waals surface area contributed by atoms with Gasteiger partial charge in [0.25, 0.3) is 0 Å². The van der Waals surface area contributed by atoms with Crippen molar-refractivity contribution in [1.29, 1.82) is 0 Å². The van der Waals surface area contributed by atoms with Crippen molar-refractivity contribution in [1.82, 2.24) is 4.90 Å². The van der Waals surface area contributed by atoms with E-state index in [2.05, 4.69) is 22.5 Å². The number of carbonyl (C=O) groups excluding carboxylic acids is 2. The van der Waals surface area contributed by atoms with E-state index in [-0.39, 0.29) is 41.4 Å². The van der Waals surface area contributed by atoms with Crippen LogP contribution in [0, 0.1) is 23.7 Å². The normalized spacial score (nSPS) is 31.0. The van der Waals surface area contributed by atoms with Crippen molar-refractivity contribution in [3.63, 3.8) is 0 Å². The van der Waals surface area contributed by atoms with Gasteiger partial charge >= 0.3 is 0 Å². The maximum Gasteiger partial charge on any atom is 0.233 e. The minimum absolute atomic E-state index is 0.0355. The minimum Gasteiger partial charge on any atom is -0.370 e. The minimum atomic E-state index is -0.142. The van der Waals surface area contributed by atoms with Crippen molar-refractivity contribution in [3.8, 4) is 0 Å². The maximum atomic E-state index is 12.5. The number of nitrogens with one attached hydrogen (secondary N) is 1. The van der Waals surface area contributed by atoms with E-state index in [1.807, 2.05) is 30.3 Å². The zero-order chi connectivity index (χ0) is 16.7. The average Bonchev–Trinajstić information content (AvgIpc) is 3.25. The van der Waals surface area contributed by atoms with Gasteiger partial charge in [0.05, 0.1) is 18.4 Å². The van der Waals surface area contributed by atoms with Crippen LogP contribution in [0.5, 0.6) is 0 Å². The molecule has 6 heteroatoms. The fourth-order valence-corrected chi connectivity index (χ4v) is 4.16. The first-order valence-electron chi connectivity index (χ1n) is 8.30. The molecule has 1 saturated carbocycles. The summed E-state index contributed by atoms with van der Waals surface area (Å²) < 4.78 is 0. The number of carbonyl (C=O) groups is 2. The highest BCUT2D eigenvalue weighted by molar-refractivity contribution is 6.06. The van der Waals surface area contributed by atoms with Gasteiger partial charge in [0, 0.05) is 12.2 Å². The third-order valence-electron chi connectivity index (χ3n) is 5.21. The molecule has 0 radical (unpaired) electrons. The number of likely N-dealkylation sites (tertiary alicyclic amines) is 1. The summed E-state index contributed by atoms with van der Waals surface area (Å²) in [4.78, 5) is 30.7. The Balaban J connectivity index is 1.36. The second kappa shape index (κ2) is 5.78. The number of aliphatic imine (C=N–C) groups is 1.